The Kier molecular flexibility index (Phi) is 6.81. The first-order chi connectivity index (χ1) is 16.6. The summed E-state index contributed by atoms with van der Waals surface area (Å²) in [4.78, 5) is 31.6. The molecule has 0 aliphatic rings. The molecule has 4 aromatic rings. The second kappa shape index (κ2) is 9.66. The highest BCUT2D eigenvalue weighted by atomic mass is 16.6. The molecule has 0 aliphatic carbocycles. The zero-order chi connectivity index (χ0) is 25.3. The molecule has 184 valence electrons. The van der Waals surface area contributed by atoms with Gasteiger partial charge in [-0.3, -0.25) is 14.2 Å². The first-order valence-corrected chi connectivity index (χ1v) is 12.2. The quantitative estimate of drug-likeness (QED) is 0.396. The summed E-state index contributed by atoms with van der Waals surface area (Å²) in [5.41, 5.74) is 10.5. The molecule has 0 saturated heterocycles. The lowest BCUT2D eigenvalue weighted by Gasteiger charge is -2.20. The Bertz CT molecular complexity index is 1460. The predicted molar refractivity (Wildman–Crippen MR) is 141 cm³/mol. The second-order valence-corrected chi connectivity index (χ2v) is 9.92. The molecular weight excluding hydrogens is 440 g/mol. The summed E-state index contributed by atoms with van der Waals surface area (Å²) >= 11 is 0. The van der Waals surface area contributed by atoms with Gasteiger partial charge in [0, 0.05) is 28.7 Å². The number of esters is 1. The van der Waals surface area contributed by atoms with E-state index in [1.807, 2.05) is 64.1 Å². The van der Waals surface area contributed by atoms with Gasteiger partial charge >= 0.3 is 5.97 Å². The summed E-state index contributed by atoms with van der Waals surface area (Å²) in [7, 11) is 0. The summed E-state index contributed by atoms with van der Waals surface area (Å²) in [5, 5.41) is 0.974. The molecule has 0 spiro atoms. The normalized spacial score (nSPS) is 11.9. The first kappa shape index (κ1) is 24.7. The van der Waals surface area contributed by atoms with Gasteiger partial charge in [0.2, 0.25) is 0 Å². The van der Waals surface area contributed by atoms with Gasteiger partial charge < -0.3 is 15.0 Å². The fourth-order valence-corrected chi connectivity index (χ4v) is 4.67. The molecule has 0 radical (unpaired) electrons. The largest absolute Gasteiger partial charge is 0.459 e. The average Bonchev–Trinajstić information content (AvgIpc) is 3.11. The predicted octanol–water partition coefficient (Wildman–Crippen LogP) is 4.58. The molecule has 2 N–H and O–H groups in total. The summed E-state index contributed by atoms with van der Waals surface area (Å²) in [6.07, 6.45) is 1.56. The Labute approximate surface area is 205 Å². The lowest BCUT2D eigenvalue weighted by atomic mass is 10.1. The standard InChI is InChI=1S/C28H34N4O3/c1-6-21-25(19-10-7-8-11-22(19)31(21)15-9-14-29)26-27(34)32(17-24(33)35-28(3,4)5)23-13-12-18(2)16-20(23)30-26/h7-8,10-13,16H,6,9,14-15,17,29H2,1-5H3. The number of aromatic nitrogens is 3. The number of aryl methyl sites for hydroxylation is 2. The maximum absolute atomic E-state index is 14.0. The molecule has 2 aromatic heterocycles. The summed E-state index contributed by atoms with van der Waals surface area (Å²) < 4.78 is 9.29. The van der Waals surface area contributed by atoms with Crippen LogP contribution in [0.25, 0.3) is 33.2 Å². The molecule has 4 rings (SSSR count). The molecule has 0 atom stereocenters. The molecule has 0 aliphatic heterocycles. The smallest absolute Gasteiger partial charge is 0.326 e. The van der Waals surface area contributed by atoms with Crippen molar-refractivity contribution in [2.45, 2.75) is 66.2 Å². The fourth-order valence-electron chi connectivity index (χ4n) is 4.67. The van der Waals surface area contributed by atoms with E-state index in [0.717, 1.165) is 47.1 Å². The van der Waals surface area contributed by atoms with Gasteiger partial charge in [-0.25, -0.2) is 4.98 Å². The number of fused-ring (bicyclic) bond motifs is 2. The molecule has 0 amide bonds. The number of carbonyl (C=O) groups is 1. The van der Waals surface area contributed by atoms with Crippen molar-refractivity contribution in [3.05, 3.63) is 64.1 Å². The van der Waals surface area contributed by atoms with Gasteiger partial charge in [-0.2, -0.15) is 0 Å². The van der Waals surface area contributed by atoms with Crippen LogP contribution in [0.2, 0.25) is 0 Å². The van der Waals surface area contributed by atoms with E-state index in [0.29, 0.717) is 23.3 Å². The number of ether oxygens (including phenoxy) is 1. The molecule has 0 unspecified atom stereocenters. The maximum Gasteiger partial charge on any atom is 0.326 e. The third kappa shape index (κ3) is 4.86. The minimum absolute atomic E-state index is 0.182. The summed E-state index contributed by atoms with van der Waals surface area (Å²) in [6, 6.07) is 13.8. The number of para-hydroxylation sites is 1. The van der Waals surface area contributed by atoms with Gasteiger partial charge in [-0.1, -0.05) is 31.2 Å². The van der Waals surface area contributed by atoms with Crippen molar-refractivity contribution in [3.63, 3.8) is 0 Å². The number of nitrogens with two attached hydrogens (primary N) is 1. The van der Waals surface area contributed by atoms with Crippen molar-refractivity contribution in [2.75, 3.05) is 6.54 Å². The Hall–Kier alpha value is -3.45. The Morgan fingerprint density at radius 2 is 1.83 bits per heavy atom. The van der Waals surface area contributed by atoms with Crippen molar-refractivity contribution in [1.82, 2.24) is 14.1 Å². The van der Waals surface area contributed by atoms with Crippen LogP contribution in [0.3, 0.4) is 0 Å². The van der Waals surface area contributed by atoms with E-state index in [4.69, 9.17) is 15.5 Å². The summed E-state index contributed by atoms with van der Waals surface area (Å²) in [6.45, 7) is 10.7. The van der Waals surface area contributed by atoms with Crippen LogP contribution in [0.15, 0.2) is 47.3 Å². The van der Waals surface area contributed by atoms with Crippen LogP contribution < -0.4 is 11.3 Å². The fraction of sp³-hybridized carbons (Fsp3) is 0.393. The van der Waals surface area contributed by atoms with Crippen LogP contribution in [0, 0.1) is 6.92 Å². The number of carbonyl (C=O) groups excluding carboxylic acids is 1. The van der Waals surface area contributed by atoms with Crippen LogP contribution in [-0.4, -0.2) is 32.2 Å². The topological polar surface area (TPSA) is 92.1 Å². The van der Waals surface area contributed by atoms with Crippen molar-refractivity contribution in [2.24, 2.45) is 5.73 Å². The Balaban J connectivity index is 2.01. The lowest BCUT2D eigenvalue weighted by Crippen LogP contribution is -2.32. The number of rotatable bonds is 7. The van der Waals surface area contributed by atoms with Crippen LogP contribution >= 0.6 is 0 Å². The van der Waals surface area contributed by atoms with Gasteiger partial charge in [-0.15, -0.1) is 0 Å². The van der Waals surface area contributed by atoms with Gasteiger partial charge in [0.1, 0.15) is 17.8 Å². The SMILES string of the molecule is CCc1c(-c2nc3cc(C)ccc3n(CC(=O)OC(C)(C)C)c2=O)c2ccccc2n1CCCN. The number of hydrogen-bond acceptors (Lipinski definition) is 5. The van der Waals surface area contributed by atoms with Crippen LogP contribution in [0.4, 0.5) is 0 Å². The Morgan fingerprint density at radius 1 is 1.09 bits per heavy atom. The third-order valence-electron chi connectivity index (χ3n) is 6.05. The van der Waals surface area contributed by atoms with E-state index in [2.05, 4.69) is 17.6 Å². The van der Waals surface area contributed by atoms with E-state index in [1.54, 1.807) is 0 Å². The molecule has 0 bridgehead atoms. The number of nitrogens with zero attached hydrogens (tertiary/aromatic N) is 3. The van der Waals surface area contributed by atoms with Crippen molar-refractivity contribution in [3.8, 4) is 11.3 Å². The molecule has 7 heteroatoms. The number of hydrogen-bond donors (Lipinski definition) is 1. The van der Waals surface area contributed by atoms with Crippen molar-refractivity contribution >= 4 is 27.9 Å². The van der Waals surface area contributed by atoms with Crippen LogP contribution in [0.1, 0.15) is 45.4 Å². The molecule has 2 heterocycles. The van der Waals surface area contributed by atoms with Gasteiger partial charge in [-0.05, 0) is 70.8 Å². The van der Waals surface area contributed by atoms with E-state index in [9.17, 15) is 9.59 Å². The van der Waals surface area contributed by atoms with E-state index < -0.39 is 11.6 Å². The molecule has 0 saturated carbocycles. The molecule has 2 aromatic carbocycles. The van der Waals surface area contributed by atoms with E-state index in [1.165, 1.54) is 4.57 Å². The minimum Gasteiger partial charge on any atom is -0.459 e. The average molecular weight is 475 g/mol. The minimum atomic E-state index is -0.644. The van der Waals surface area contributed by atoms with Crippen LogP contribution in [-0.2, 0) is 29.0 Å². The monoisotopic (exact) mass is 474 g/mol. The third-order valence-corrected chi connectivity index (χ3v) is 6.05. The zero-order valence-electron chi connectivity index (χ0n) is 21.2. The molecule has 7 nitrogen and oxygen atoms in total. The van der Waals surface area contributed by atoms with E-state index >= 15 is 0 Å². The van der Waals surface area contributed by atoms with Crippen LogP contribution in [0.5, 0.6) is 0 Å². The first-order valence-electron chi connectivity index (χ1n) is 12.2. The van der Waals surface area contributed by atoms with Gasteiger partial charge in [0.05, 0.1) is 11.0 Å². The van der Waals surface area contributed by atoms with E-state index in [-0.39, 0.29) is 12.1 Å². The molecular formula is C28H34N4O3. The molecule has 35 heavy (non-hydrogen) atoms. The second-order valence-electron chi connectivity index (χ2n) is 9.92. The number of benzene rings is 2. The highest BCUT2D eigenvalue weighted by Crippen LogP contribution is 2.34. The van der Waals surface area contributed by atoms with Crippen molar-refractivity contribution in [1.29, 1.82) is 0 Å². The summed E-state index contributed by atoms with van der Waals surface area (Å²) in [5.74, 6) is -0.459. The Morgan fingerprint density at radius 3 is 2.51 bits per heavy atom. The zero-order valence-corrected chi connectivity index (χ0v) is 21.2. The maximum atomic E-state index is 14.0. The highest BCUT2D eigenvalue weighted by Gasteiger charge is 2.24. The van der Waals surface area contributed by atoms with Gasteiger partial charge in [0.15, 0.2) is 0 Å². The highest BCUT2D eigenvalue weighted by molar-refractivity contribution is 5.98. The van der Waals surface area contributed by atoms with Gasteiger partial charge in [0.25, 0.3) is 5.56 Å². The van der Waals surface area contributed by atoms with Crippen molar-refractivity contribution < 1.29 is 9.53 Å². The lowest BCUT2D eigenvalue weighted by molar-refractivity contribution is -0.155. The molecule has 0 fully saturated rings.